The first-order chi connectivity index (χ1) is 13.6. The van der Waals surface area contributed by atoms with E-state index in [1.165, 1.54) is 0 Å². The lowest BCUT2D eigenvalue weighted by atomic mass is 10.1. The van der Waals surface area contributed by atoms with Gasteiger partial charge in [0, 0.05) is 11.9 Å². The molecule has 1 aliphatic heterocycles. The largest absolute Gasteiger partial charge is 0.342 e. The van der Waals surface area contributed by atoms with Gasteiger partial charge in [-0.15, -0.1) is 10.2 Å². The van der Waals surface area contributed by atoms with Crippen molar-refractivity contribution in [1.82, 2.24) is 19.9 Å². The van der Waals surface area contributed by atoms with Crippen LogP contribution in [0.4, 0.5) is 5.69 Å². The zero-order valence-corrected chi connectivity index (χ0v) is 16.7. The van der Waals surface area contributed by atoms with Gasteiger partial charge in [-0.05, 0) is 48.3 Å². The Morgan fingerprint density at radius 3 is 3.07 bits per heavy atom. The van der Waals surface area contributed by atoms with E-state index in [-0.39, 0.29) is 24.3 Å². The summed E-state index contributed by atoms with van der Waals surface area (Å²) in [6, 6.07) is 8.64. The summed E-state index contributed by atoms with van der Waals surface area (Å²) in [6.07, 6.45) is 4.84. The third-order valence-electron chi connectivity index (χ3n) is 4.63. The molecule has 0 spiro atoms. The molecule has 0 bridgehead atoms. The van der Waals surface area contributed by atoms with Crippen molar-refractivity contribution in [3.8, 4) is 0 Å². The Morgan fingerprint density at radius 1 is 1.39 bits per heavy atom. The van der Waals surface area contributed by atoms with Gasteiger partial charge in [0.2, 0.25) is 5.91 Å². The minimum absolute atomic E-state index is 0.101. The number of halogens is 1. The number of amides is 2. The number of carbonyl (C=O) groups excluding carboxylic acids is 2. The van der Waals surface area contributed by atoms with E-state index in [0.29, 0.717) is 28.5 Å². The second kappa shape index (κ2) is 7.81. The molecule has 0 radical (unpaired) electrons. The molecule has 28 heavy (non-hydrogen) atoms. The van der Waals surface area contributed by atoms with Crippen molar-refractivity contribution in [3.05, 3.63) is 58.5 Å². The molecule has 9 heteroatoms. The van der Waals surface area contributed by atoms with Crippen LogP contribution in [0, 0.1) is 0 Å². The minimum atomic E-state index is -0.318. The monoisotopic (exact) mass is 415 g/mol. The van der Waals surface area contributed by atoms with Gasteiger partial charge in [0.1, 0.15) is 0 Å². The predicted molar refractivity (Wildman–Crippen MR) is 110 cm³/mol. The van der Waals surface area contributed by atoms with Crippen LogP contribution in [0.5, 0.6) is 0 Å². The fourth-order valence-corrected chi connectivity index (χ4v) is 3.98. The van der Waals surface area contributed by atoms with Crippen molar-refractivity contribution in [2.24, 2.45) is 0 Å². The fourth-order valence-electron chi connectivity index (χ4n) is 3.26. The Morgan fingerprint density at radius 2 is 2.25 bits per heavy atom. The Bertz CT molecular complexity index is 1070. The van der Waals surface area contributed by atoms with Crippen LogP contribution in [0.1, 0.15) is 34.2 Å². The SMILES string of the molecule is CSCCC(NC(=O)c1cc2c(cc1Cl)NC(=O)C2)c1nnc2ccccn12. The summed E-state index contributed by atoms with van der Waals surface area (Å²) in [7, 11) is 0. The number of aromatic nitrogens is 3. The standard InChI is InChI=1S/C19H18ClN5O2S/c1-28-7-5-14(18-24-23-16-4-2-3-6-25(16)18)22-19(27)12-8-11-9-17(26)21-15(11)10-13(12)20/h2-4,6,8,10,14H,5,7,9H2,1H3,(H,21,26)(H,22,27). The van der Waals surface area contributed by atoms with Gasteiger partial charge in [-0.2, -0.15) is 11.8 Å². The van der Waals surface area contributed by atoms with Gasteiger partial charge in [0.05, 0.1) is 23.0 Å². The average Bonchev–Trinajstić information content (AvgIpc) is 3.26. The normalized spacial score (nSPS) is 14.0. The van der Waals surface area contributed by atoms with Gasteiger partial charge >= 0.3 is 0 Å². The quantitative estimate of drug-likeness (QED) is 0.645. The molecule has 3 heterocycles. The highest BCUT2D eigenvalue weighted by molar-refractivity contribution is 7.98. The van der Waals surface area contributed by atoms with E-state index in [0.717, 1.165) is 17.0 Å². The molecular weight excluding hydrogens is 398 g/mol. The van der Waals surface area contributed by atoms with Crippen LogP contribution in [0.15, 0.2) is 36.5 Å². The van der Waals surface area contributed by atoms with Crippen molar-refractivity contribution < 1.29 is 9.59 Å². The summed E-state index contributed by atoms with van der Waals surface area (Å²) in [5.41, 5.74) is 2.50. The first-order valence-electron chi connectivity index (χ1n) is 8.78. The van der Waals surface area contributed by atoms with Gasteiger partial charge in [0.25, 0.3) is 5.91 Å². The molecule has 3 aromatic rings. The van der Waals surface area contributed by atoms with Crippen molar-refractivity contribution in [2.45, 2.75) is 18.9 Å². The van der Waals surface area contributed by atoms with Crippen molar-refractivity contribution in [1.29, 1.82) is 0 Å². The zero-order chi connectivity index (χ0) is 19.7. The van der Waals surface area contributed by atoms with E-state index in [2.05, 4.69) is 20.8 Å². The van der Waals surface area contributed by atoms with E-state index >= 15 is 0 Å². The Balaban J connectivity index is 1.63. The van der Waals surface area contributed by atoms with Crippen LogP contribution < -0.4 is 10.6 Å². The van der Waals surface area contributed by atoms with Crippen LogP contribution in [-0.4, -0.2) is 38.4 Å². The molecule has 0 fully saturated rings. The summed E-state index contributed by atoms with van der Waals surface area (Å²) in [5.74, 6) is 1.12. The van der Waals surface area contributed by atoms with Gasteiger partial charge in [-0.3, -0.25) is 14.0 Å². The highest BCUT2D eigenvalue weighted by Gasteiger charge is 2.25. The maximum Gasteiger partial charge on any atom is 0.253 e. The van der Waals surface area contributed by atoms with E-state index in [4.69, 9.17) is 11.6 Å². The topological polar surface area (TPSA) is 88.4 Å². The van der Waals surface area contributed by atoms with Crippen molar-refractivity contribution in [3.63, 3.8) is 0 Å². The number of pyridine rings is 1. The Labute approximate surface area is 170 Å². The van der Waals surface area contributed by atoms with Crippen LogP contribution in [0.2, 0.25) is 5.02 Å². The minimum Gasteiger partial charge on any atom is -0.342 e. The van der Waals surface area contributed by atoms with E-state index in [9.17, 15) is 9.59 Å². The summed E-state index contributed by atoms with van der Waals surface area (Å²) in [4.78, 5) is 24.6. The first kappa shape index (κ1) is 18.8. The number of hydrogen-bond acceptors (Lipinski definition) is 5. The number of nitrogens with one attached hydrogen (secondary N) is 2. The first-order valence-corrected chi connectivity index (χ1v) is 10.6. The number of benzene rings is 1. The van der Waals surface area contributed by atoms with Crippen LogP contribution >= 0.6 is 23.4 Å². The van der Waals surface area contributed by atoms with Gasteiger partial charge in [0.15, 0.2) is 11.5 Å². The number of rotatable bonds is 6. The average molecular weight is 416 g/mol. The molecule has 7 nitrogen and oxygen atoms in total. The maximum atomic E-state index is 13.0. The van der Waals surface area contributed by atoms with E-state index < -0.39 is 0 Å². The van der Waals surface area contributed by atoms with Crippen LogP contribution in [0.25, 0.3) is 5.65 Å². The fraction of sp³-hybridized carbons (Fsp3) is 0.263. The molecule has 144 valence electrons. The molecule has 0 saturated heterocycles. The third-order valence-corrected chi connectivity index (χ3v) is 5.59. The number of fused-ring (bicyclic) bond motifs is 2. The molecule has 1 unspecified atom stereocenters. The molecule has 0 aliphatic carbocycles. The van der Waals surface area contributed by atoms with E-state index in [1.54, 1.807) is 23.9 Å². The number of thioether (sulfide) groups is 1. The number of carbonyl (C=O) groups is 2. The van der Waals surface area contributed by atoms with Crippen LogP contribution in [0.3, 0.4) is 0 Å². The highest BCUT2D eigenvalue weighted by Crippen LogP contribution is 2.30. The molecule has 2 amide bonds. The molecule has 2 aromatic heterocycles. The lowest BCUT2D eigenvalue weighted by molar-refractivity contribution is -0.115. The predicted octanol–water partition coefficient (Wildman–Crippen LogP) is 3.10. The van der Waals surface area contributed by atoms with Crippen LogP contribution in [-0.2, 0) is 11.2 Å². The molecule has 0 saturated carbocycles. The Hall–Kier alpha value is -2.58. The maximum absolute atomic E-state index is 13.0. The summed E-state index contributed by atoms with van der Waals surface area (Å²) in [6.45, 7) is 0. The third kappa shape index (κ3) is 3.57. The highest BCUT2D eigenvalue weighted by atomic mass is 35.5. The smallest absolute Gasteiger partial charge is 0.253 e. The van der Waals surface area contributed by atoms with Gasteiger partial charge in [-0.1, -0.05) is 17.7 Å². The summed E-state index contributed by atoms with van der Waals surface area (Å²) >= 11 is 8.00. The molecule has 4 rings (SSSR count). The second-order valence-corrected chi connectivity index (χ2v) is 7.90. The lowest BCUT2D eigenvalue weighted by Crippen LogP contribution is -2.30. The Kier molecular flexibility index (Phi) is 5.23. The molecule has 2 N–H and O–H groups in total. The summed E-state index contributed by atoms with van der Waals surface area (Å²) in [5, 5.41) is 14.5. The lowest BCUT2D eigenvalue weighted by Gasteiger charge is -2.18. The molecule has 1 aromatic carbocycles. The summed E-state index contributed by atoms with van der Waals surface area (Å²) < 4.78 is 1.87. The van der Waals surface area contributed by atoms with E-state index in [1.807, 2.05) is 35.1 Å². The number of nitrogens with zero attached hydrogens (tertiary/aromatic N) is 3. The number of hydrogen-bond donors (Lipinski definition) is 2. The molecule has 1 aliphatic rings. The second-order valence-electron chi connectivity index (χ2n) is 6.51. The van der Waals surface area contributed by atoms with Gasteiger partial charge in [-0.25, -0.2) is 0 Å². The van der Waals surface area contributed by atoms with Crippen molar-refractivity contribution in [2.75, 3.05) is 17.3 Å². The number of anilines is 1. The van der Waals surface area contributed by atoms with Gasteiger partial charge < -0.3 is 10.6 Å². The molecular formula is C19H18ClN5O2S. The van der Waals surface area contributed by atoms with Crippen molar-refractivity contribution >= 4 is 46.5 Å². The molecule has 1 atom stereocenters. The zero-order valence-electron chi connectivity index (χ0n) is 15.1.